The largest absolute Gasteiger partial charge is 0.772 e. The molecular formula is C24H29F2N10O12P-2. The van der Waals surface area contributed by atoms with Gasteiger partial charge in [-0.1, -0.05) is 11.8 Å². The molecule has 4 aromatic heterocycles. The highest BCUT2D eigenvalue weighted by Gasteiger charge is 2.47. The summed E-state index contributed by atoms with van der Waals surface area (Å²) in [6.07, 6.45) is 7.71. The number of aromatic nitrogens is 8. The number of hydrogen-bond donors (Lipinski definition) is 8. The van der Waals surface area contributed by atoms with E-state index in [1.54, 1.807) is 5.92 Å². The first kappa shape index (κ1) is 44.0. The quantitative estimate of drug-likeness (QED) is 0.0182. The number of halogens is 2. The Morgan fingerprint density at radius 2 is 1.84 bits per heavy atom. The lowest BCUT2D eigenvalue weighted by atomic mass is 9.99. The molecule has 0 unspecified atom stereocenters. The molecule has 4 aromatic rings. The van der Waals surface area contributed by atoms with Crippen LogP contribution in [0.5, 0.6) is 0 Å². The normalized spacial score (nSPS) is 18.8. The number of hydrogen-bond acceptors (Lipinski definition) is 19. The van der Waals surface area contributed by atoms with Crippen LogP contribution in [0, 0.1) is 36.8 Å². The smallest absolute Gasteiger partial charge is 0.312 e. The second-order valence-corrected chi connectivity index (χ2v) is 8.86. The van der Waals surface area contributed by atoms with Gasteiger partial charge in [-0.3, -0.25) is 9.13 Å². The van der Waals surface area contributed by atoms with Crippen molar-refractivity contribution in [2.24, 2.45) is 0 Å². The van der Waals surface area contributed by atoms with E-state index < -0.39 is 63.9 Å². The number of ether oxygens (including phenoxy) is 1. The molecule has 0 aromatic carbocycles. The summed E-state index contributed by atoms with van der Waals surface area (Å²) < 4.78 is 41.0. The summed E-state index contributed by atoms with van der Waals surface area (Å²) in [6, 6.07) is 0. The highest BCUT2D eigenvalue weighted by molar-refractivity contribution is 7.14. The molecule has 5 heterocycles. The number of aliphatic hydroxyl groups is 5. The van der Waals surface area contributed by atoms with Gasteiger partial charge in [0.25, 0.3) is 0 Å². The molecule has 49 heavy (non-hydrogen) atoms. The van der Waals surface area contributed by atoms with Gasteiger partial charge in [0.2, 0.25) is 0 Å². The van der Waals surface area contributed by atoms with Crippen LogP contribution in [0.4, 0.5) is 20.4 Å². The monoisotopic (exact) mass is 718 g/mol. The first-order chi connectivity index (χ1) is 22.7. The van der Waals surface area contributed by atoms with Gasteiger partial charge < -0.3 is 72.0 Å². The SMILES string of the molecule is C#C[C@@](O)(CO[O-])C(O)O.C#C[C@]1(CO)O[C@@H](n2cnc3c(N)nc(F)nc32)C[C@@H]1O.CC=O.Nc1nc(F)nc2nc[nH]c12.O.O=P[O-]. The van der Waals surface area contributed by atoms with Crippen LogP contribution in [0.1, 0.15) is 19.6 Å². The van der Waals surface area contributed by atoms with Gasteiger partial charge >= 0.3 is 12.2 Å². The summed E-state index contributed by atoms with van der Waals surface area (Å²) in [5.74, 6) is 3.84. The maximum Gasteiger partial charge on any atom is 0.312 e. The van der Waals surface area contributed by atoms with Gasteiger partial charge in [-0.15, -0.1) is 12.8 Å². The highest BCUT2D eigenvalue weighted by Crippen LogP contribution is 2.37. The molecule has 4 atom stereocenters. The summed E-state index contributed by atoms with van der Waals surface area (Å²) >= 11 is 0. The molecule has 0 amide bonds. The molecule has 1 aliphatic rings. The van der Waals surface area contributed by atoms with Crippen molar-refractivity contribution < 1.29 is 68.9 Å². The number of anilines is 2. The fourth-order valence-electron chi connectivity index (χ4n) is 3.47. The van der Waals surface area contributed by atoms with E-state index in [4.69, 9.17) is 52.2 Å². The number of aliphatic hydroxyl groups excluding tert-OH is 3. The number of carbonyl (C=O) groups is 1. The van der Waals surface area contributed by atoms with Crippen molar-refractivity contribution in [2.75, 3.05) is 24.7 Å². The number of nitrogens with one attached hydrogen (secondary N) is 1. The molecule has 1 aliphatic heterocycles. The zero-order valence-electron chi connectivity index (χ0n) is 24.9. The van der Waals surface area contributed by atoms with Gasteiger partial charge in [-0.05, 0) is 6.92 Å². The number of H-pyrrole nitrogens is 1. The lowest BCUT2D eigenvalue weighted by Crippen LogP contribution is -2.46. The molecule has 0 aliphatic carbocycles. The second-order valence-electron chi connectivity index (χ2n) is 8.71. The van der Waals surface area contributed by atoms with Crippen LogP contribution in [0.2, 0.25) is 0 Å². The van der Waals surface area contributed by atoms with E-state index in [1.807, 2.05) is 0 Å². The van der Waals surface area contributed by atoms with Crippen molar-refractivity contribution in [1.82, 2.24) is 39.5 Å². The topological polar surface area (TPSA) is 381 Å². The summed E-state index contributed by atoms with van der Waals surface area (Å²) in [6.45, 7) is 0.0421. The molecule has 22 nitrogen and oxygen atoms in total. The van der Waals surface area contributed by atoms with Crippen molar-refractivity contribution in [1.29, 1.82) is 0 Å². The predicted molar refractivity (Wildman–Crippen MR) is 156 cm³/mol. The fraction of sp³-hybridized carbons (Fsp3) is 0.375. The van der Waals surface area contributed by atoms with Crippen molar-refractivity contribution in [3.63, 3.8) is 0 Å². The third-order valence-electron chi connectivity index (χ3n) is 5.76. The van der Waals surface area contributed by atoms with E-state index >= 15 is 0 Å². The van der Waals surface area contributed by atoms with Crippen LogP contribution in [0.15, 0.2) is 12.7 Å². The fourth-order valence-corrected chi connectivity index (χ4v) is 3.47. The molecule has 12 N–H and O–H groups in total. The maximum absolute atomic E-state index is 13.3. The van der Waals surface area contributed by atoms with Crippen LogP contribution < -0.4 is 21.6 Å². The van der Waals surface area contributed by atoms with Crippen LogP contribution in [-0.4, -0.2) is 114 Å². The van der Waals surface area contributed by atoms with Gasteiger partial charge in [-0.25, -0.2) is 9.97 Å². The number of carbonyl (C=O) groups excluding carboxylic acids is 1. The summed E-state index contributed by atoms with van der Waals surface area (Å²) in [5.41, 5.74) is 8.16. The molecule has 5 rings (SSSR count). The minimum absolute atomic E-state index is 0. The number of terminal acetylenes is 2. The zero-order valence-corrected chi connectivity index (χ0v) is 25.8. The Hall–Kier alpha value is -4.95. The number of nitrogens with zero attached hydrogens (tertiary/aromatic N) is 7. The Morgan fingerprint density at radius 3 is 2.31 bits per heavy atom. The van der Waals surface area contributed by atoms with Crippen molar-refractivity contribution >= 4 is 48.9 Å². The number of rotatable bonds is 5. The van der Waals surface area contributed by atoms with E-state index in [2.05, 4.69) is 52.1 Å². The number of aldehydes is 1. The van der Waals surface area contributed by atoms with Crippen molar-refractivity contribution in [2.45, 2.75) is 43.2 Å². The molecule has 268 valence electrons. The first-order valence-electron chi connectivity index (χ1n) is 12.6. The maximum atomic E-state index is 13.3. The van der Waals surface area contributed by atoms with Crippen LogP contribution >= 0.6 is 8.69 Å². The van der Waals surface area contributed by atoms with Crippen LogP contribution in [0.3, 0.4) is 0 Å². The molecule has 0 saturated carbocycles. The molecule has 1 saturated heterocycles. The van der Waals surface area contributed by atoms with Crippen LogP contribution in [-0.2, 0) is 19.0 Å². The van der Waals surface area contributed by atoms with Crippen molar-refractivity contribution in [3.05, 3.63) is 24.8 Å². The number of aromatic amines is 1. The average Bonchev–Trinajstić information content (AvgIpc) is 3.76. The van der Waals surface area contributed by atoms with E-state index in [1.165, 1.54) is 24.1 Å². The third kappa shape index (κ3) is 11.3. The van der Waals surface area contributed by atoms with E-state index in [9.17, 15) is 24.3 Å². The second kappa shape index (κ2) is 20.4. The molecule has 0 spiro atoms. The molecule has 0 bridgehead atoms. The number of fused-ring (bicyclic) bond motifs is 2. The molecular weight excluding hydrogens is 689 g/mol. The summed E-state index contributed by atoms with van der Waals surface area (Å²) in [7, 11) is -1.08. The third-order valence-corrected chi connectivity index (χ3v) is 5.76. The Balaban J connectivity index is 0.000000698. The minimum atomic E-state index is -2.30. The van der Waals surface area contributed by atoms with Gasteiger partial charge in [0.1, 0.15) is 24.1 Å². The number of nitrogens with two attached hydrogens (primary N) is 2. The minimum Gasteiger partial charge on any atom is -0.772 e. The molecule has 0 radical (unpaired) electrons. The zero-order chi connectivity index (χ0) is 36.7. The van der Waals surface area contributed by atoms with Gasteiger partial charge in [-0.2, -0.15) is 28.7 Å². The van der Waals surface area contributed by atoms with E-state index in [0.29, 0.717) is 5.52 Å². The summed E-state index contributed by atoms with van der Waals surface area (Å²) in [4.78, 5) is 44.5. The van der Waals surface area contributed by atoms with Crippen molar-refractivity contribution in [3.8, 4) is 24.7 Å². The van der Waals surface area contributed by atoms with E-state index in [0.717, 1.165) is 6.29 Å². The predicted octanol–water partition coefficient (Wildman–Crippen LogP) is -4.85. The number of nitrogen functional groups attached to an aromatic ring is 2. The van der Waals surface area contributed by atoms with E-state index in [-0.39, 0.29) is 40.3 Å². The Labute approximate surface area is 274 Å². The van der Waals surface area contributed by atoms with Crippen LogP contribution in [0.25, 0.3) is 22.3 Å². The molecule has 1 fully saturated rings. The lowest BCUT2D eigenvalue weighted by Gasteiger charge is -2.24. The summed E-state index contributed by atoms with van der Waals surface area (Å²) in [5, 5.41) is 54.3. The van der Waals surface area contributed by atoms with Gasteiger partial charge in [0.05, 0.1) is 34.6 Å². The highest BCUT2D eigenvalue weighted by atomic mass is 31.1. The Kier molecular flexibility index (Phi) is 18.4. The van der Waals surface area contributed by atoms with Gasteiger partial charge in [0.15, 0.2) is 45.9 Å². The Morgan fingerprint density at radius 1 is 1.27 bits per heavy atom. The Bertz CT molecular complexity index is 1730. The standard InChI is InChI=1S/C12H12FN5O3.C5H4FN5.C5H8O5.C2H4O.HO2P.H2O/c1-2-12(4-19)6(20)3-7(21-12)18-5-15-8-9(14)16-11(13)17-10(8)18;6-5-10-3(7)2-4(11-5)9-1-8-2;1-2-5(8,3-10-9)4(6)7;1-2-3;1-3-2;/h1,5-7,19-20H,3-4H2,(H2,14,16,17);1H,(H3,7,8,9,10,11);1,4,6-9H,3H2;2H,1H3;(H,1,2);1H2/p-2/t6-,7+,12+;;5-;;;/m0.1.../s1. The average molecular weight is 719 g/mol. The first-order valence-corrected chi connectivity index (χ1v) is 13.3. The van der Waals surface area contributed by atoms with Gasteiger partial charge in [0, 0.05) is 6.42 Å². The lowest BCUT2D eigenvalue weighted by molar-refractivity contribution is -0.693. The molecule has 25 heteroatoms. The number of imidazole rings is 2.